The monoisotopic (exact) mass is 262 g/mol. The average molecular weight is 262 g/mol. The van der Waals surface area contributed by atoms with Gasteiger partial charge in [-0.25, -0.2) is 14.4 Å². The smallest absolute Gasteiger partial charge is 0.165 e. The molecule has 1 aromatic carbocycles. The Kier molecular flexibility index (Phi) is 4.38. The summed E-state index contributed by atoms with van der Waals surface area (Å²) in [6.07, 6.45) is 5.34. The third-order valence-corrected chi connectivity index (χ3v) is 2.84. The van der Waals surface area contributed by atoms with Crippen LogP contribution in [0.3, 0.4) is 0 Å². The zero-order valence-electron chi connectivity index (χ0n) is 10.5. The van der Waals surface area contributed by atoms with Gasteiger partial charge >= 0.3 is 0 Å². The second-order valence-corrected chi connectivity index (χ2v) is 4.06. The fraction of sp³-hybridized carbons (Fsp3) is 0.231. The quantitative estimate of drug-likeness (QED) is 0.629. The molecular formula is C13H15FN4O. The van der Waals surface area contributed by atoms with E-state index in [-0.39, 0.29) is 17.6 Å². The molecule has 0 spiro atoms. The van der Waals surface area contributed by atoms with Crippen LogP contribution in [-0.4, -0.2) is 17.1 Å². The van der Waals surface area contributed by atoms with Crippen molar-refractivity contribution in [2.75, 3.05) is 7.11 Å². The zero-order valence-corrected chi connectivity index (χ0v) is 10.5. The summed E-state index contributed by atoms with van der Waals surface area (Å²) in [5.74, 6) is 5.36. The highest BCUT2D eigenvalue weighted by Crippen LogP contribution is 2.21. The lowest BCUT2D eigenvalue weighted by Crippen LogP contribution is -2.29. The predicted octanol–water partition coefficient (Wildman–Crippen LogP) is 1.37. The molecule has 0 aliphatic carbocycles. The summed E-state index contributed by atoms with van der Waals surface area (Å²) in [5.41, 5.74) is 4.34. The highest BCUT2D eigenvalue weighted by molar-refractivity contribution is 5.30. The summed E-state index contributed by atoms with van der Waals surface area (Å²) in [6.45, 7) is 0. The highest BCUT2D eigenvalue weighted by atomic mass is 19.1. The van der Waals surface area contributed by atoms with Crippen LogP contribution in [-0.2, 0) is 6.42 Å². The number of nitrogens with zero attached hydrogens (tertiary/aromatic N) is 2. The third kappa shape index (κ3) is 3.24. The van der Waals surface area contributed by atoms with Crippen molar-refractivity contribution in [1.29, 1.82) is 0 Å². The Morgan fingerprint density at radius 1 is 1.37 bits per heavy atom. The molecule has 2 rings (SSSR count). The summed E-state index contributed by atoms with van der Waals surface area (Å²) in [7, 11) is 1.43. The zero-order chi connectivity index (χ0) is 13.7. The van der Waals surface area contributed by atoms with Gasteiger partial charge in [0, 0.05) is 18.0 Å². The fourth-order valence-electron chi connectivity index (χ4n) is 1.84. The Morgan fingerprint density at radius 2 is 2.11 bits per heavy atom. The van der Waals surface area contributed by atoms with Crippen LogP contribution in [0.1, 0.15) is 17.2 Å². The maximum absolute atomic E-state index is 13.6. The van der Waals surface area contributed by atoms with Crippen LogP contribution in [0.2, 0.25) is 0 Å². The van der Waals surface area contributed by atoms with E-state index in [2.05, 4.69) is 15.4 Å². The van der Waals surface area contributed by atoms with Crippen molar-refractivity contribution in [3.63, 3.8) is 0 Å². The van der Waals surface area contributed by atoms with E-state index in [9.17, 15) is 4.39 Å². The number of rotatable bonds is 5. The van der Waals surface area contributed by atoms with Gasteiger partial charge in [0.05, 0.1) is 13.2 Å². The number of benzene rings is 1. The number of ether oxygens (including phenoxy) is 1. The number of hydrogen-bond acceptors (Lipinski definition) is 5. The van der Waals surface area contributed by atoms with E-state index in [0.717, 1.165) is 11.1 Å². The molecule has 0 aliphatic rings. The van der Waals surface area contributed by atoms with Gasteiger partial charge in [-0.3, -0.25) is 11.3 Å². The summed E-state index contributed by atoms with van der Waals surface area (Å²) in [6, 6.07) is 4.66. The van der Waals surface area contributed by atoms with Crippen LogP contribution in [0, 0.1) is 5.82 Å². The molecule has 6 heteroatoms. The van der Waals surface area contributed by atoms with Gasteiger partial charge in [0.1, 0.15) is 6.33 Å². The SMILES string of the molecule is COc1ccc(CC(NN)c2cncnc2)cc1F. The lowest BCUT2D eigenvalue weighted by Gasteiger charge is -2.15. The molecule has 0 fully saturated rings. The van der Waals surface area contributed by atoms with Gasteiger partial charge in [0.2, 0.25) is 0 Å². The fourth-order valence-corrected chi connectivity index (χ4v) is 1.84. The molecule has 0 saturated carbocycles. The molecule has 19 heavy (non-hydrogen) atoms. The Bertz CT molecular complexity index is 535. The Morgan fingerprint density at radius 3 is 2.68 bits per heavy atom. The first-order valence-electron chi connectivity index (χ1n) is 5.78. The number of methoxy groups -OCH3 is 1. The van der Waals surface area contributed by atoms with Gasteiger partial charge in [-0.15, -0.1) is 0 Å². The first-order chi connectivity index (χ1) is 9.24. The van der Waals surface area contributed by atoms with Crippen molar-refractivity contribution >= 4 is 0 Å². The summed E-state index contributed by atoms with van der Waals surface area (Å²) < 4.78 is 18.5. The molecule has 1 atom stereocenters. The molecule has 1 heterocycles. The number of hydrogen-bond donors (Lipinski definition) is 2. The van der Waals surface area contributed by atoms with Crippen LogP contribution in [0.4, 0.5) is 4.39 Å². The summed E-state index contributed by atoms with van der Waals surface area (Å²) in [4.78, 5) is 7.88. The first kappa shape index (κ1) is 13.4. The van der Waals surface area contributed by atoms with E-state index in [1.165, 1.54) is 19.5 Å². The molecule has 0 amide bonds. The van der Waals surface area contributed by atoms with Crippen molar-refractivity contribution in [3.8, 4) is 5.75 Å². The molecular weight excluding hydrogens is 247 g/mol. The minimum atomic E-state index is -0.389. The van der Waals surface area contributed by atoms with Gasteiger partial charge in [-0.2, -0.15) is 0 Å². The van der Waals surface area contributed by atoms with Crippen LogP contribution >= 0.6 is 0 Å². The van der Waals surface area contributed by atoms with E-state index >= 15 is 0 Å². The van der Waals surface area contributed by atoms with E-state index in [4.69, 9.17) is 10.6 Å². The first-order valence-corrected chi connectivity index (χ1v) is 5.78. The van der Waals surface area contributed by atoms with Gasteiger partial charge in [-0.1, -0.05) is 6.07 Å². The van der Waals surface area contributed by atoms with Crippen molar-refractivity contribution < 1.29 is 9.13 Å². The Hall–Kier alpha value is -2.05. The maximum Gasteiger partial charge on any atom is 0.165 e. The predicted molar refractivity (Wildman–Crippen MR) is 68.8 cm³/mol. The van der Waals surface area contributed by atoms with E-state index in [1.807, 2.05) is 0 Å². The minimum Gasteiger partial charge on any atom is -0.494 e. The average Bonchev–Trinajstić information content (AvgIpc) is 2.46. The molecule has 0 saturated heterocycles. The Balaban J connectivity index is 2.17. The topological polar surface area (TPSA) is 73.1 Å². The maximum atomic E-state index is 13.6. The lowest BCUT2D eigenvalue weighted by atomic mass is 10.0. The van der Waals surface area contributed by atoms with Crippen molar-refractivity contribution in [1.82, 2.24) is 15.4 Å². The second-order valence-electron chi connectivity index (χ2n) is 4.06. The molecule has 0 bridgehead atoms. The van der Waals surface area contributed by atoms with Gasteiger partial charge in [0.25, 0.3) is 0 Å². The normalized spacial score (nSPS) is 12.2. The molecule has 0 radical (unpaired) electrons. The molecule has 100 valence electrons. The molecule has 1 aromatic heterocycles. The second kappa shape index (κ2) is 6.21. The lowest BCUT2D eigenvalue weighted by molar-refractivity contribution is 0.386. The van der Waals surface area contributed by atoms with Crippen LogP contribution < -0.4 is 16.0 Å². The van der Waals surface area contributed by atoms with E-state index < -0.39 is 0 Å². The van der Waals surface area contributed by atoms with Crippen molar-refractivity contribution in [2.45, 2.75) is 12.5 Å². The number of nitrogens with one attached hydrogen (secondary N) is 1. The van der Waals surface area contributed by atoms with Crippen LogP contribution in [0.5, 0.6) is 5.75 Å². The third-order valence-electron chi connectivity index (χ3n) is 2.84. The van der Waals surface area contributed by atoms with E-state index in [0.29, 0.717) is 6.42 Å². The number of hydrazine groups is 1. The molecule has 2 aromatic rings. The van der Waals surface area contributed by atoms with Crippen molar-refractivity contribution in [2.24, 2.45) is 5.84 Å². The van der Waals surface area contributed by atoms with Gasteiger partial charge < -0.3 is 4.74 Å². The molecule has 0 aliphatic heterocycles. The highest BCUT2D eigenvalue weighted by Gasteiger charge is 2.12. The summed E-state index contributed by atoms with van der Waals surface area (Å²) in [5, 5.41) is 0. The van der Waals surface area contributed by atoms with E-state index in [1.54, 1.807) is 24.5 Å². The molecule has 5 nitrogen and oxygen atoms in total. The number of nitrogens with two attached hydrogens (primary N) is 1. The number of halogens is 1. The largest absolute Gasteiger partial charge is 0.494 e. The number of aromatic nitrogens is 2. The van der Waals surface area contributed by atoms with Crippen molar-refractivity contribution in [3.05, 3.63) is 53.9 Å². The Labute approximate surface area is 110 Å². The van der Waals surface area contributed by atoms with Gasteiger partial charge in [0.15, 0.2) is 11.6 Å². The standard InChI is InChI=1S/C13H15FN4O/c1-19-13-3-2-9(4-11(13)14)5-12(18-15)10-6-16-8-17-7-10/h2-4,6-8,12,18H,5,15H2,1H3. The summed E-state index contributed by atoms with van der Waals surface area (Å²) >= 11 is 0. The molecule has 3 N–H and O–H groups in total. The van der Waals surface area contributed by atoms with Gasteiger partial charge in [-0.05, 0) is 24.1 Å². The molecule has 1 unspecified atom stereocenters. The van der Waals surface area contributed by atoms with Crippen LogP contribution in [0.25, 0.3) is 0 Å². The van der Waals surface area contributed by atoms with Crippen LogP contribution in [0.15, 0.2) is 36.9 Å². The minimum absolute atomic E-state index is 0.172.